The summed E-state index contributed by atoms with van der Waals surface area (Å²) in [7, 11) is -3.50. The maximum absolute atomic E-state index is 12.5. The fraction of sp³-hybridized carbons (Fsp3) is 0.571. The highest BCUT2D eigenvalue weighted by atomic mass is 79.9. The van der Waals surface area contributed by atoms with Crippen molar-refractivity contribution in [1.82, 2.24) is 4.72 Å². The van der Waals surface area contributed by atoms with E-state index in [1.807, 2.05) is 0 Å². The van der Waals surface area contributed by atoms with Gasteiger partial charge in [-0.25, -0.2) is 13.1 Å². The minimum Gasteiger partial charge on any atom is -0.398 e. The topological polar surface area (TPSA) is 72.2 Å². The maximum atomic E-state index is 12.5. The molecule has 0 aliphatic heterocycles. The van der Waals surface area contributed by atoms with Crippen LogP contribution in [0.5, 0.6) is 0 Å². The van der Waals surface area contributed by atoms with E-state index in [-0.39, 0.29) is 10.9 Å². The first-order valence-electron chi connectivity index (χ1n) is 6.98. The van der Waals surface area contributed by atoms with Crippen molar-refractivity contribution >= 4 is 31.6 Å². The van der Waals surface area contributed by atoms with Gasteiger partial charge < -0.3 is 5.73 Å². The van der Waals surface area contributed by atoms with Crippen LogP contribution >= 0.6 is 15.9 Å². The molecule has 0 heterocycles. The van der Waals surface area contributed by atoms with Gasteiger partial charge in [0.1, 0.15) is 0 Å². The summed E-state index contributed by atoms with van der Waals surface area (Å²) in [5, 5.41) is 0. The normalized spacial score (nSPS) is 17.9. The number of nitrogens with one attached hydrogen (secondary N) is 1. The van der Waals surface area contributed by atoms with Crippen LogP contribution in [0.1, 0.15) is 44.1 Å². The highest BCUT2D eigenvalue weighted by Gasteiger charge is 2.23. The second-order valence-corrected chi connectivity index (χ2v) is 7.99. The molecule has 0 radical (unpaired) electrons. The molecule has 1 fully saturated rings. The zero-order valence-corrected chi connectivity index (χ0v) is 14.1. The monoisotopic (exact) mass is 360 g/mol. The average Bonchev–Trinajstić information content (AvgIpc) is 2.61. The van der Waals surface area contributed by atoms with Crippen LogP contribution in [-0.2, 0) is 10.0 Å². The van der Waals surface area contributed by atoms with E-state index in [4.69, 9.17) is 5.73 Å². The Kier molecular flexibility index (Phi) is 5.09. The van der Waals surface area contributed by atoms with Gasteiger partial charge in [0.15, 0.2) is 0 Å². The van der Waals surface area contributed by atoms with Gasteiger partial charge in [-0.1, -0.05) is 25.7 Å². The summed E-state index contributed by atoms with van der Waals surface area (Å²) in [5.41, 5.74) is 6.95. The maximum Gasteiger partial charge on any atom is 0.241 e. The lowest BCUT2D eigenvalue weighted by atomic mass is 10.1. The Hall–Kier alpha value is -0.590. The van der Waals surface area contributed by atoms with E-state index < -0.39 is 10.0 Å². The van der Waals surface area contributed by atoms with E-state index in [2.05, 4.69) is 20.7 Å². The third kappa shape index (κ3) is 3.74. The van der Waals surface area contributed by atoms with E-state index in [1.165, 1.54) is 18.9 Å². The van der Waals surface area contributed by atoms with Crippen molar-refractivity contribution in [2.75, 3.05) is 5.73 Å². The molecule has 2 rings (SSSR count). The van der Waals surface area contributed by atoms with Gasteiger partial charge in [-0.2, -0.15) is 0 Å². The van der Waals surface area contributed by atoms with Crippen molar-refractivity contribution < 1.29 is 8.42 Å². The van der Waals surface area contributed by atoms with Gasteiger partial charge in [0.2, 0.25) is 10.0 Å². The van der Waals surface area contributed by atoms with Gasteiger partial charge in [0.05, 0.1) is 4.90 Å². The number of halogens is 1. The van der Waals surface area contributed by atoms with Crippen LogP contribution in [0.15, 0.2) is 21.5 Å². The van der Waals surface area contributed by atoms with E-state index in [0.717, 1.165) is 30.2 Å². The van der Waals surface area contributed by atoms with Crippen LogP contribution in [0.3, 0.4) is 0 Å². The minimum absolute atomic E-state index is 0.0479. The van der Waals surface area contributed by atoms with Crippen molar-refractivity contribution in [2.24, 2.45) is 0 Å². The van der Waals surface area contributed by atoms with Gasteiger partial charge in [0.25, 0.3) is 0 Å². The number of sulfonamides is 1. The Labute approximate surface area is 129 Å². The van der Waals surface area contributed by atoms with Crippen LogP contribution in [0.25, 0.3) is 0 Å². The number of nitrogens with two attached hydrogens (primary N) is 1. The number of nitrogen functional groups attached to an aromatic ring is 1. The average molecular weight is 361 g/mol. The van der Waals surface area contributed by atoms with Crippen LogP contribution in [0.2, 0.25) is 0 Å². The van der Waals surface area contributed by atoms with Gasteiger partial charge in [-0.15, -0.1) is 0 Å². The zero-order valence-electron chi connectivity index (χ0n) is 11.7. The molecule has 0 saturated heterocycles. The summed E-state index contributed by atoms with van der Waals surface area (Å²) >= 11 is 3.32. The van der Waals surface area contributed by atoms with E-state index in [9.17, 15) is 8.42 Å². The Morgan fingerprint density at radius 1 is 1.20 bits per heavy atom. The van der Waals surface area contributed by atoms with Gasteiger partial charge in [0, 0.05) is 16.2 Å². The summed E-state index contributed by atoms with van der Waals surface area (Å²) in [6.45, 7) is 1.78. The van der Waals surface area contributed by atoms with E-state index in [1.54, 1.807) is 13.0 Å². The molecule has 1 aromatic rings. The smallest absolute Gasteiger partial charge is 0.241 e. The summed E-state index contributed by atoms with van der Waals surface area (Å²) < 4.78 is 28.6. The first-order valence-corrected chi connectivity index (χ1v) is 9.26. The second kappa shape index (κ2) is 6.45. The fourth-order valence-corrected chi connectivity index (χ4v) is 4.66. The first kappa shape index (κ1) is 15.8. The third-order valence-corrected chi connectivity index (χ3v) is 6.11. The largest absolute Gasteiger partial charge is 0.398 e. The molecular weight excluding hydrogens is 340 g/mol. The molecule has 1 saturated carbocycles. The number of hydrogen-bond acceptors (Lipinski definition) is 3. The molecule has 0 spiro atoms. The van der Waals surface area contributed by atoms with Crippen molar-refractivity contribution in [1.29, 1.82) is 0 Å². The Balaban J connectivity index is 2.23. The molecule has 4 nitrogen and oxygen atoms in total. The van der Waals surface area contributed by atoms with Crippen LogP contribution < -0.4 is 10.5 Å². The fourth-order valence-electron chi connectivity index (χ4n) is 2.64. The minimum atomic E-state index is -3.50. The lowest BCUT2D eigenvalue weighted by molar-refractivity contribution is 0.509. The first-order chi connectivity index (χ1) is 9.40. The van der Waals surface area contributed by atoms with Crippen molar-refractivity contribution in [2.45, 2.75) is 56.4 Å². The summed E-state index contributed by atoms with van der Waals surface area (Å²) in [6, 6.07) is 3.32. The van der Waals surface area contributed by atoms with E-state index >= 15 is 0 Å². The zero-order chi connectivity index (χ0) is 14.8. The predicted molar refractivity (Wildman–Crippen MR) is 85.1 cm³/mol. The Morgan fingerprint density at radius 3 is 2.40 bits per heavy atom. The molecule has 1 aliphatic rings. The summed E-state index contributed by atoms with van der Waals surface area (Å²) in [5.74, 6) is 0. The highest BCUT2D eigenvalue weighted by Crippen LogP contribution is 2.27. The third-order valence-electron chi connectivity index (χ3n) is 3.76. The molecule has 0 bridgehead atoms. The highest BCUT2D eigenvalue weighted by molar-refractivity contribution is 9.10. The molecule has 0 aromatic heterocycles. The van der Waals surface area contributed by atoms with Crippen LogP contribution in [0.4, 0.5) is 5.69 Å². The van der Waals surface area contributed by atoms with Gasteiger partial charge >= 0.3 is 0 Å². The standard InChI is InChI=1S/C14H21BrN2O2S/c1-10-8-12(15)13(16)9-14(10)20(18,19)17-11-6-4-2-3-5-7-11/h8-9,11,17H,2-7,16H2,1H3. The number of anilines is 1. The molecule has 1 aromatic carbocycles. The molecule has 3 N–H and O–H groups in total. The Bertz CT molecular complexity index is 579. The molecule has 20 heavy (non-hydrogen) atoms. The second-order valence-electron chi connectivity index (χ2n) is 5.45. The summed E-state index contributed by atoms with van der Waals surface area (Å²) in [4.78, 5) is 0.280. The quantitative estimate of drug-likeness (QED) is 0.641. The predicted octanol–water partition coefficient (Wildman–Crippen LogP) is 3.34. The van der Waals surface area contributed by atoms with Crippen LogP contribution in [-0.4, -0.2) is 14.5 Å². The van der Waals surface area contributed by atoms with Crippen molar-refractivity contribution in [3.8, 4) is 0 Å². The number of rotatable bonds is 3. The van der Waals surface area contributed by atoms with E-state index in [0.29, 0.717) is 11.3 Å². The van der Waals surface area contributed by atoms with Gasteiger partial charge in [-0.3, -0.25) is 0 Å². The molecule has 0 atom stereocenters. The van der Waals surface area contributed by atoms with Crippen LogP contribution in [0, 0.1) is 6.92 Å². The Morgan fingerprint density at radius 2 is 1.80 bits per heavy atom. The summed E-state index contributed by atoms with van der Waals surface area (Å²) in [6.07, 6.45) is 6.42. The number of aryl methyl sites for hydroxylation is 1. The molecular formula is C14H21BrN2O2S. The number of hydrogen-bond donors (Lipinski definition) is 2. The molecule has 1 aliphatic carbocycles. The lowest BCUT2D eigenvalue weighted by Crippen LogP contribution is -2.34. The van der Waals surface area contributed by atoms with Crippen molar-refractivity contribution in [3.63, 3.8) is 0 Å². The molecule has 0 amide bonds. The molecule has 112 valence electrons. The number of benzene rings is 1. The van der Waals surface area contributed by atoms with Crippen molar-refractivity contribution in [3.05, 3.63) is 22.2 Å². The van der Waals surface area contributed by atoms with Gasteiger partial charge in [-0.05, 0) is 53.4 Å². The lowest BCUT2D eigenvalue weighted by Gasteiger charge is -2.18. The molecule has 0 unspecified atom stereocenters. The molecule has 6 heteroatoms. The SMILES string of the molecule is Cc1cc(Br)c(N)cc1S(=O)(=O)NC1CCCCCC1.